The monoisotopic (exact) mass is 228 g/mol. The Kier molecular flexibility index (Phi) is 2.24. The molecule has 2 nitrogen and oxygen atoms in total. The molecule has 0 aliphatic heterocycles. The molecule has 0 atom stereocenters. The fraction of sp³-hybridized carbons (Fsp3) is 0.300. The van der Waals surface area contributed by atoms with Gasteiger partial charge in [-0.05, 0) is 30.5 Å². The van der Waals surface area contributed by atoms with Gasteiger partial charge in [-0.3, -0.25) is 4.79 Å². The van der Waals surface area contributed by atoms with E-state index in [9.17, 15) is 9.90 Å². The molecule has 1 aliphatic carbocycles. The number of carbonyl (C=O) groups is 1. The van der Waals surface area contributed by atoms with E-state index in [4.69, 9.17) is 11.6 Å². The van der Waals surface area contributed by atoms with E-state index in [1.165, 1.54) is 0 Å². The fourth-order valence-corrected chi connectivity index (χ4v) is 2.03. The average molecular weight is 229 g/mol. The third-order valence-corrected chi connectivity index (χ3v) is 3.41. The summed E-state index contributed by atoms with van der Waals surface area (Å²) in [5.74, 6) is 0.0185. The van der Waals surface area contributed by atoms with Gasteiger partial charge in [-0.2, -0.15) is 0 Å². The number of halogens is 1. The van der Waals surface area contributed by atoms with Crippen LogP contribution in [0, 0.1) is 0 Å². The van der Waals surface area contributed by atoms with Crippen LogP contribution in [0.25, 0.3) is 0 Å². The lowest BCUT2D eigenvalue weighted by molar-refractivity contribution is -0.112. The van der Waals surface area contributed by atoms with Crippen LogP contribution in [0.15, 0.2) is 18.2 Å². The molecule has 1 aromatic rings. The number of hydrogen-bond acceptors (Lipinski definition) is 2. The number of phenolic OH excluding ortho intramolecular Hbond substituents is 1. The van der Waals surface area contributed by atoms with E-state index in [0.29, 0.717) is 5.02 Å². The fourth-order valence-electron chi connectivity index (χ4n) is 1.56. The number of hydrogen-bond donors (Lipinski definition) is 2. The highest BCUT2D eigenvalue weighted by Gasteiger charge is 2.49. The second kappa shape index (κ2) is 3.17. The molecule has 1 saturated carbocycles. The van der Waals surface area contributed by atoms with Crippen molar-refractivity contribution in [2.24, 2.45) is 0 Å². The lowest BCUT2D eigenvalue weighted by Gasteiger charge is -2.11. The average Bonchev–Trinajstić information content (AvgIpc) is 2.90. The van der Waals surface area contributed by atoms with E-state index < -0.39 is 5.41 Å². The van der Waals surface area contributed by atoms with Crippen LogP contribution in [0.5, 0.6) is 5.75 Å². The highest BCUT2D eigenvalue weighted by Crippen LogP contribution is 2.50. The van der Waals surface area contributed by atoms with Gasteiger partial charge in [0.15, 0.2) is 5.12 Å². The molecule has 0 amide bonds. The molecule has 0 radical (unpaired) electrons. The van der Waals surface area contributed by atoms with Crippen LogP contribution in [0.1, 0.15) is 18.4 Å². The van der Waals surface area contributed by atoms with Crippen molar-refractivity contribution < 1.29 is 9.90 Å². The van der Waals surface area contributed by atoms with Gasteiger partial charge in [0, 0.05) is 0 Å². The quantitative estimate of drug-likeness (QED) is 0.764. The Morgan fingerprint density at radius 2 is 2.14 bits per heavy atom. The van der Waals surface area contributed by atoms with E-state index in [1.54, 1.807) is 18.2 Å². The lowest BCUT2D eigenvalue weighted by atomic mass is 9.97. The molecule has 4 heteroatoms. The number of thiol groups is 1. The van der Waals surface area contributed by atoms with Crippen molar-refractivity contribution in [2.75, 3.05) is 0 Å². The highest BCUT2D eigenvalue weighted by molar-refractivity contribution is 7.96. The number of carbonyl (C=O) groups excluding carboxylic acids is 1. The zero-order valence-corrected chi connectivity index (χ0v) is 8.98. The van der Waals surface area contributed by atoms with Crippen molar-refractivity contribution in [3.8, 4) is 5.75 Å². The van der Waals surface area contributed by atoms with Crippen LogP contribution in [0.4, 0.5) is 0 Å². The molecule has 0 aromatic heterocycles. The largest absolute Gasteiger partial charge is 0.506 e. The molecule has 0 bridgehead atoms. The van der Waals surface area contributed by atoms with Gasteiger partial charge >= 0.3 is 0 Å². The summed E-state index contributed by atoms with van der Waals surface area (Å²) in [4.78, 5) is 11.3. The second-order valence-electron chi connectivity index (χ2n) is 3.55. The smallest absolute Gasteiger partial charge is 0.196 e. The van der Waals surface area contributed by atoms with E-state index in [2.05, 4.69) is 12.6 Å². The number of benzene rings is 1. The Labute approximate surface area is 92.3 Å². The molecule has 1 N–H and O–H groups in total. The molecule has 0 unspecified atom stereocenters. The second-order valence-corrected chi connectivity index (χ2v) is 4.37. The molecule has 1 aromatic carbocycles. The Morgan fingerprint density at radius 3 is 2.57 bits per heavy atom. The van der Waals surface area contributed by atoms with Gasteiger partial charge in [0.1, 0.15) is 5.75 Å². The van der Waals surface area contributed by atoms with Crippen molar-refractivity contribution in [1.29, 1.82) is 0 Å². The van der Waals surface area contributed by atoms with Crippen molar-refractivity contribution in [3.63, 3.8) is 0 Å². The maximum absolute atomic E-state index is 11.3. The standard InChI is InChI=1S/C10H9ClO2S/c11-7-2-1-6(5-8(7)12)10(3-4-10)9(13)14/h1-2,5,12H,3-4H2,(H,13,14). The molecule has 0 saturated heterocycles. The summed E-state index contributed by atoms with van der Waals surface area (Å²) in [6, 6.07) is 4.91. The summed E-state index contributed by atoms with van der Waals surface area (Å²) in [7, 11) is 0. The number of phenols is 1. The third-order valence-electron chi connectivity index (χ3n) is 2.66. The molecule has 0 heterocycles. The van der Waals surface area contributed by atoms with Gasteiger partial charge in [-0.1, -0.05) is 17.7 Å². The summed E-state index contributed by atoms with van der Waals surface area (Å²) in [5, 5.41) is 9.57. The topological polar surface area (TPSA) is 37.3 Å². The first-order valence-electron chi connectivity index (χ1n) is 4.29. The Hall–Kier alpha value is -0.670. The van der Waals surface area contributed by atoms with Crippen molar-refractivity contribution >= 4 is 29.3 Å². The van der Waals surface area contributed by atoms with E-state index in [1.807, 2.05) is 0 Å². The SMILES string of the molecule is O=C(S)C1(c2ccc(Cl)c(O)c2)CC1. The molecule has 74 valence electrons. The van der Waals surface area contributed by atoms with Crippen LogP contribution >= 0.6 is 24.2 Å². The zero-order valence-electron chi connectivity index (χ0n) is 7.33. The van der Waals surface area contributed by atoms with Crippen LogP contribution in [-0.4, -0.2) is 10.2 Å². The Bertz CT molecular complexity index is 399. The predicted octanol–water partition coefficient (Wildman–Crippen LogP) is 2.53. The zero-order chi connectivity index (χ0) is 10.3. The van der Waals surface area contributed by atoms with Gasteiger partial charge in [-0.25, -0.2) is 0 Å². The molecule has 14 heavy (non-hydrogen) atoms. The summed E-state index contributed by atoms with van der Waals surface area (Å²) in [6.45, 7) is 0. The molecule has 2 rings (SSSR count). The Morgan fingerprint density at radius 1 is 1.50 bits per heavy atom. The van der Waals surface area contributed by atoms with Crippen LogP contribution < -0.4 is 0 Å². The van der Waals surface area contributed by atoms with Crippen LogP contribution in [-0.2, 0) is 10.2 Å². The first-order chi connectivity index (χ1) is 6.56. The molecular weight excluding hydrogens is 220 g/mol. The number of aromatic hydroxyl groups is 1. The van der Waals surface area contributed by atoms with Crippen molar-refractivity contribution in [2.45, 2.75) is 18.3 Å². The maximum atomic E-state index is 11.3. The normalized spacial score (nSPS) is 17.9. The van der Waals surface area contributed by atoms with Crippen LogP contribution in [0.3, 0.4) is 0 Å². The lowest BCUT2D eigenvalue weighted by Crippen LogP contribution is -2.14. The van der Waals surface area contributed by atoms with E-state index >= 15 is 0 Å². The van der Waals surface area contributed by atoms with Gasteiger partial charge in [0.2, 0.25) is 0 Å². The molecular formula is C10H9ClO2S. The Balaban J connectivity index is 2.43. The third kappa shape index (κ3) is 1.41. The van der Waals surface area contributed by atoms with Crippen molar-refractivity contribution in [1.82, 2.24) is 0 Å². The molecule has 1 fully saturated rings. The van der Waals surface area contributed by atoms with Gasteiger partial charge < -0.3 is 5.11 Å². The van der Waals surface area contributed by atoms with Crippen molar-refractivity contribution in [3.05, 3.63) is 28.8 Å². The minimum Gasteiger partial charge on any atom is -0.506 e. The summed E-state index contributed by atoms with van der Waals surface area (Å²) >= 11 is 9.54. The molecule has 1 aliphatic rings. The van der Waals surface area contributed by atoms with Crippen LogP contribution in [0.2, 0.25) is 5.02 Å². The maximum Gasteiger partial charge on any atom is 0.196 e. The van der Waals surface area contributed by atoms with Gasteiger partial charge in [0.25, 0.3) is 0 Å². The van der Waals surface area contributed by atoms with E-state index in [-0.39, 0.29) is 10.9 Å². The highest BCUT2D eigenvalue weighted by atomic mass is 35.5. The minimum atomic E-state index is -0.467. The first kappa shape index (κ1) is 9.87. The van der Waals surface area contributed by atoms with Gasteiger partial charge in [0.05, 0.1) is 10.4 Å². The summed E-state index contributed by atoms with van der Waals surface area (Å²) in [6.07, 6.45) is 1.60. The first-order valence-corrected chi connectivity index (χ1v) is 5.11. The minimum absolute atomic E-state index is 0.0185. The van der Waals surface area contributed by atoms with E-state index in [0.717, 1.165) is 18.4 Å². The summed E-state index contributed by atoms with van der Waals surface area (Å²) in [5.41, 5.74) is 0.338. The number of rotatable bonds is 2. The summed E-state index contributed by atoms with van der Waals surface area (Å²) < 4.78 is 0. The molecule has 0 spiro atoms. The van der Waals surface area contributed by atoms with Gasteiger partial charge in [-0.15, -0.1) is 12.6 Å². The predicted molar refractivity (Wildman–Crippen MR) is 58.0 cm³/mol.